The average Bonchev–Trinajstić information content (AvgIpc) is 3.21. The van der Waals surface area contributed by atoms with Crippen LogP contribution in [-0.2, 0) is 19.6 Å². The van der Waals surface area contributed by atoms with E-state index >= 15 is 0 Å². The molecule has 3 aromatic rings. The molecule has 3 rings (SSSR count). The molecular formula is C21H27BrN6O. The lowest BCUT2D eigenvalue weighted by atomic mass is 10.0. The molecule has 154 valence electrons. The highest BCUT2D eigenvalue weighted by atomic mass is 79.9. The molecule has 3 N–H and O–H groups in total. The predicted molar refractivity (Wildman–Crippen MR) is 116 cm³/mol. The van der Waals surface area contributed by atoms with Gasteiger partial charge in [0.1, 0.15) is 5.75 Å². The molecule has 7 nitrogen and oxygen atoms in total. The standard InChI is InChI=1S/C21H27BrN6O/c1-3-4-10-28-21(25-26-27-28)20(17-8-9-19(29-2)18(22)12-17)24-14-16-7-5-6-15(11-16)13-23/h5-9,11-12,20,24H,3-4,10,13-14,23H2,1-2H3. The first kappa shape index (κ1) is 21.4. The zero-order valence-electron chi connectivity index (χ0n) is 16.8. The van der Waals surface area contributed by atoms with Gasteiger partial charge in [-0.15, -0.1) is 5.10 Å². The van der Waals surface area contributed by atoms with Crippen molar-refractivity contribution < 1.29 is 4.74 Å². The van der Waals surface area contributed by atoms with Crippen molar-refractivity contribution in [3.8, 4) is 5.75 Å². The van der Waals surface area contributed by atoms with Gasteiger partial charge in [-0.1, -0.05) is 43.7 Å². The Balaban J connectivity index is 1.91. The van der Waals surface area contributed by atoms with Crippen LogP contribution in [0.3, 0.4) is 0 Å². The number of nitrogens with one attached hydrogen (secondary N) is 1. The molecule has 0 amide bonds. The van der Waals surface area contributed by atoms with Gasteiger partial charge in [0.2, 0.25) is 0 Å². The van der Waals surface area contributed by atoms with Crippen LogP contribution < -0.4 is 15.8 Å². The van der Waals surface area contributed by atoms with Gasteiger partial charge in [0.25, 0.3) is 0 Å². The summed E-state index contributed by atoms with van der Waals surface area (Å²) in [6, 6.07) is 14.1. The highest BCUT2D eigenvalue weighted by Crippen LogP contribution is 2.30. The van der Waals surface area contributed by atoms with E-state index in [1.165, 1.54) is 0 Å². The molecule has 0 bridgehead atoms. The topological polar surface area (TPSA) is 90.9 Å². The third kappa shape index (κ3) is 5.41. The number of rotatable bonds is 10. The van der Waals surface area contributed by atoms with Crippen LogP contribution in [0.15, 0.2) is 46.9 Å². The fourth-order valence-corrected chi connectivity index (χ4v) is 3.75. The zero-order valence-corrected chi connectivity index (χ0v) is 18.4. The van der Waals surface area contributed by atoms with E-state index in [0.717, 1.165) is 52.1 Å². The van der Waals surface area contributed by atoms with E-state index in [0.29, 0.717) is 13.1 Å². The summed E-state index contributed by atoms with van der Waals surface area (Å²) < 4.78 is 8.15. The molecular weight excluding hydrogens is 432 g/mol. The normalized spacial score (nSPS) is 12.1. The van der Waals surface area contributed by atoms with Gasteiger partial charge < -0.3 is 10.5 Å². The summed E-state index contributed by atoms with van der Waals surface area (Å²) in [7, 11) is 1.66. The van der Waals surface area contributed by atoms with Crippen molar-refractivity contribution in [2.75, 3.05) is 7.11 Å². The van der Waals surface area contributed by atoms with E-state index in [1.807, 2.05) is 35.0 Å². The smallest absolute Gasteiger partial charge is 0.172 e. The Hall–Kier alpha value is -2.29. The zero-order chi connectivity index (χ0) is 20.6. The number of halogens is 1. The maximum Gasteiger partial charge on any atom is 0.172 e. The monoisotopic (exact) mass is 458 g/mol. The molecule has 1 atom stereocenters. The number of nitrogens with two attached hydrogens (primary N) is 1. The molecule has 0 aliphatic rings. The molecule has 0 spiro atoms. The van der Waals surface area contributed by atoms with Crippen LogP contribution in [-0.4, -0.2) is 27.3 Å². The van der Waals surface area contributed by atoms with Crippen LogP contribution in [0.25, 0.3) is 0 Å². The van der Waals surface area contributed by atoms with Crippen molar-refractivity contribution in [1.29, 1.82) is 0 Å². The van der Waals surface area contributed by atoms with E-state index in [-0.39, 0.29) is 6.04 Å². The molecule has 0 saturated carbocycles. The summed E-state index contributed by atoms with van der Waals surface area (Å²) in [6.45, 7) is 4.14. The number of aryl methyl sites for hydroxylation is 1. The van der Waals surface area contributed by atoms with Gasteiger partial charge in [0.05, 0.1) is 17.6 Å². The van der Waals surface area contributed by atoms with Gasteiger partial charge in [-0.3, -0.25) is 5.32 Å². The summed E-state index contributed by atoms with van der Waals surface area (Å²) in [5, 5.41) is 16.1. The van der Waals surface area contributed by atoms with Crippen molar-refractivity contribution in [2.45, 2.75) is 45.4 Å². The average molecular weight is 459 g/mol. The summed E-state index contributed by atoms with van der Waals surface area (Å²) in [5.41, 5.74) is 9.12. The summed E-state index contributed by atoms with van der Waals surface area (Å²) >= 11 is 3.59. The maximum atomic E-state index is 5.79. The van der Waals surface area contributed by atoms with Crippen LogP contribution in [0, 0.1) is 0 Å². The van der Waals surface area contributed by atoms with Crippen LogP contribution in [0.5, 0.6) is 5.75 Å². The van der Waals surface area contributed by atoms with Gasteiger partial charge in [0.15, 0.2) is 5.82 Å². The van der Waals surface area contributed by atoms with Gasteiger partial charge in [-0.25, -0.2) is 4.68 Å². The second kappa shape index (κ2) is 10.5. The number of hydrogen-bond acceptors (Lipinski definition) is 6. The van der Waals surface area contributed by atoms with E-state index < -0.39 is 0 Å². The van der Waals surface area contributed by atoms with Crippen molar-refractivity contribution in [3.05, 3.63) is 69.5 Å². The highest BCUT2D eigenvalue weighted by molar-refractivity contribution is 9.10. The molecule has 0 aliphatic heterocycles. The fourth-order valence-electron chi connectivity index (χ4n) is 3.19. The predicted octanol–water partition coefficient (Wildman–Crippen LogP) is 3.58. The Morgan fingerprint density at radius 2 is 2.03 bits per heavy atom. The van der Waals surface area contributed by atoms with Crippen LogP contribution in [0.4, 0.5) is 0 Å². The van der Waals surface area contributed by atoms with Crippen LogP contribution in [0.1, 0.15) is 48.3 Å². The lowest BCUT2D eigenvalue weighted by Gasteiger charge is -2.20. The van der Waals surface area contributed by atoms with Crippen molar-refractivity contribution in [2.24, 2.45) is 5.73 Å². The molecule has 1 heterocycles. The summed E-state index contributed by atoms with van der Waals surface area (Å²) in [4.78, 5) is 0. The third-order valence-corrected chi connectivity index (χ3v) is 5.41. The van der Waals surface area contributed by atoms with Crippen LogP contribution in [0.2, 0.25) is 0 Å². The fraction of sp³-hybridized carbons (Fsp3) is 0.381. The van der Waals surface area contributed by atoms with Crippen molar-refractivity contribution in [1.82, 2.24) is 25.5 Å². The number of nitrogens with zero attached hydrogens (tertiary/aromatic N) is 4. The Morgan fingerprint density at radius 1 is 1.21 bits per heavy atom. The first-order chi connectivity index (χ1) is 14.2. The number of benzene rings is 2. The molecule has 0 saturated heterocycles. The van der Waals surface area contributed by atoms with Gasteiger partial charge in [0, 0.05) is 19.6 Å². The van der Waals surface area contributed by atoms with E-state index in [1.54, 1.807) is 7.11 Å². The Kier molecular flexibility index (Phi) is 7.74. The number of ether oxygens (including phenoxy) is 1. The van der Waals surface area contributed by atoms with Gasteiger partial charge in [-0.05, 0) is 61.6 Å². The minimum Gasteiger partial charge on any atom is -0.496 e. The second-order valence-electron chi connectivity index (χ2n) is 6.85. The Bertz CT molecular complexity index is 929. The Labute approximate surface area is 179 Å². The molecule has 0 aliphatic carbocycles. The number of unbranched alkanes of at least 4 members (excludes halogenated alkanes) is 1. The van der Waals surface area contributed by atoms with Crippen molar-refractivity contribution >= 4 is 15.9 Å². The van der Waals surface area contributed by atoms with Gasteiger partial charge >= 0.3 is 0 Å². The number of tetrazole rings is 1. The van der Waals surface area contributed by atoms with Crippen molar-refractivity contribution in [3.63, 3.8) is 0 Å². The Morgan fingerprint density at radius 3 is 2.76 bits per heavy atom. The SMILES string of the molecule is CCCCn1nnnc1C(NCc1cccc(CN)c1)c1ccc(OC)c(Br)c1. The molecule has 8 heteroatoms. The molecule has 1 unspecified atom stereocenters. The second-order valence-corrected chi connectivity index (χ2v) is 7.70. The molecule has 2 aromatic carbocycles. The van der Waals surface area contributed by atoms with Crippen LogP contribution >= 0.6 is 15.9 Å². The molecule has 0 fully saturated rings. The minimum atomic E-state index is -0.161. The molecule has 1 aromatic heterocycles. The number of methoxy groups -OCH3 is 1. The number of aromatic nitrogens is 4. The van der Waals surface area contributed by atoms with E-state index in [2.05, 4.69) is 55.8 Å². The lowest BCUT2D eigenvalue weighted by molar-refractivity contribution is 0.411. The highest BCUT2D eigenvalue weighted by Gasteiger charge is 2.22. The minimum absolute atomic E-state index is 0.161. The molecule has 29 heavy (non-hydrogen) atoms. The summed E-state index contributed by atoms with van der Waals surface area (Å²) in [6.07, 6.45) is 2.10. The maximum absolute atomic E-state index is 5.79. The first-order valence-electron chi connectivity index (χ1n) is 9.77. The largest absolute Gasteiger partial charge is 0.496 e. The third-order valence-electron chi connectivity index (χ3n) is 4.79. The van der Waals surface area contributed by atoms with Gasteiger partial charge in [-0.2, -0.15) is 0 Å². The molecule has 0 radical (unpaired) electrons. The van der Waals surface area contributed by atoms with E-state index in [4.69, 9.17) is 10.5 Å². The summed E-state index contributed by atoms with van der Waals surface area (Å²) in [5.74, 6) is 1.58. The number of hydrogen-bond donors (Lipinski definition) is 2. The first-order valence-corrected chi connectivity index (χ1v) is 10.6. The quantitative estimate of drug-likeness (QED) is 0.482. The van der Waals surface area contributed by atoms with E-state index in [9.17, 15) is 0 Å². The lowest BCUT2D eigenvalue weighted by Crippen LogP contribution is -2.26.